The minimum atomic E-state index is -3.07. The van der Waals surface area contributed by atoms with E-state index in [4.69, 9.17) is 11.6 Å². The molecule has 0 amide bonds. The molecule has 6 heteroatoms. The van der Waals surface area contributed by atoms with Crippen molar-refractivity contribution < 1.29 is 13.2 Å². The molecule has 0 saturated carbocycles. The van der Waals surface area contributed by atoms with Crippen LogP contribution in [0, 0.1) is 12.7 Å². The maximum absolute atomic E-state index is 14.4. The van der Waals surface area contributed by atoms with E-state index < -0.39 is 17.3 Å². The number of halogens is 4. The number of hydrogen-bond acceptors (Lipinski definition) is 2. The number of anilines is 1. The van der Waals surface area contributed by atoms with Gasteiger partial charge in [0.05, 0.1) is 5.69 Å². The van der Waals surface area contributed by atoms with Gasteiger partial charge in [0.15, 0.2) is 0 Å². The molecule has 1 unspecified atom stereocenters. The molecule has 0 spiro atoms. The average Bonchev–Trinajstić information content (AvgIpc) is 2.79. The Morgan fingerprint density at radius 3 is 2.32 bits per heavy atom. The number of pyridine rings is 1. The fraction of sp³-hybridized carbons (Fsp3) is 0.179. The van der Waals surface area contributed by atoms with Crippen LogP contribution in [0.2, 0.25) is 5.02 Å². The SMILES string of the molecule is Cc1ccc(C(Cc2ccccc2)(Nc2cccc(F)c2)c2cc(C(C)(F)F)ccc2Cl)nc1. The summed E-state index contributed by atoms with van der Waals surface area (Å²) in [5.41, 5.74) is 2.02. The third kappa shape index (κ3) is 5.10. The van der Waals surface area contributed by atoms with Gasteiger partial charge in [0.1, 0.15) is 11.4 Å². The van der Waals surface area contributed by atoms with Crippen molar-refractivity contribution >= 4 is 17.3 Å². The zero-order valence-corrected chi connectivity index (χ0v) is 19.6. The molecule has 1 atom stereocenters. The lowest BCUT2D eigenvalue weighted by Gasteiger charge is -2.37. The lowest BCUT2D eigenvalue weighted by Crippen LogP contribution is -2.40. The van der Waals surface area contributed by atoms with Crippen molar-refractivity contribution in [1.82, 2.24) is 4.98 Å². The van der Waals surface area contributed by atoms with E-state index in [0.29, 0.717) is 28.4 Å². The number of aryl methyl sites for hydroxylation is 1. The van der Waals surface area contributed by atoms with Gasteiger partial charge in [-0.05, 0) is 54.4 Å². The van der Waals surface area contributed by atoms with Crippen molar-refractivity contribution in [2.24, 2.45) is 0 Å². The Morgan fingerprint density at radius 1 is 0.912 bits per heavy atom. The van der Waals surface area contributed by atoms with E-state index in [1.165, 1.54) is 30.3 Å². The fourth-order valence-corrected chi connectivity index (χ4v) is 4.34. The summed E-state index contributed by atoms with van der Waals surface area (Å²) in [5, 5.41) is 3.72. The summed E-state index contributed by atoms with van der Waals surface area (Å²) >= 11 is 6.69. The van der Waals surface area contributed by atoms with Gasteiger partial charge >= 0.3 is 0 Å². The Bertz CT molecular complexity index is 1270. The van der Waals surface area contributed by atoms with E-state index in [-0.39, 0.29) is 5.56 Å². The third-order valence-corrected chi connectivity index (χ3v) is 6.11. The van der Waals surface area contributed by atoms with E-state index in [9.17, 15) is 13.2 Å². The third-order valence-electron chi connectivity index (χ3n) is 5.78. The topological polar surface area (TPSA) is 24.9 Å². The summed E-state index contributed by atoms with van der Waals surface area (Å²) in [7, 11) is 0. The minimum Gasteiger partial charge on any atom is -0.370 e. The number of alkyl halides is 2. The molecule has 3 aromatic carbocycles. The fourth-order valence-electron chi connectivity index (χ4n) is 4.06. The molecule has 34 heavy (non-hydrogen) atoms. The Kier molecular flexibility index (Phi) is 6.67. The highest BCUT2D eigenvalue weighted by Crippen LogP contribution is 2.42. The van der Waals surface area contributed by atoms with E-state index >= 15 is 0 Å². The van der Waals surface area contributed by atoms with Gasteiger partial charge < -0.3 is 5.32 Å². The predicted molar refractivity (Wildman–Crippen MR) is 131 cm³/mol. The molecule has 0 saturated heterocycles. The van der Waals surface area contributed by atoms with Gasteiger partial charge in [-0.1, -0.05) is 60.1 Å². The highest BCUT2D eigenvalue weighted by atomic mass is 35.5. The lowest BCUT2D eigenvalue weighted by atomic mass is 9.79. The zero-order valence-electron chi connectivity index (χ0n) is 18.8. The van der Waals surface area contributed by atoms with Crippen LogP contribution in [0.25, 0.3) is 0 Å². The average molecular weight is 481 g/mol. The monoisotopic (exact) mass is 480 g/mol. The zero-order chi connectivity index (χ0) is 24.3. The van der Waals surface area contributed by atoms with Crippen LogP contribution >= 0.6 is 11.6 Å². The summed E-state index contributed by atoms with van der Waals surface area (Å²) < 4.78 is 42.9. The van der Waals surface area contributed by atoms with Crippen LogP contribution in [-0.2, 0) is 17.9 Å². The van der Waals surface area contributed by atoms with E-state index in [1.54, 1.807) is 18.3 Å². The molecule has 174 valence electrons. The second-order valence-electron chi connectivity index (χ2n) is 8.51. The number of nitrogens with one attached hydrogen (secondary N) is 1. The van der Waals surface area contributed by atoms with Crippen molar-refractivity contribution in [2.75, 3.05) is 5.32 Å². The maximum Gasteiger partial charge on any atom is 0.270 e. The van der Waals surface area contributed by atoms with Crippen molar-refractivity contribution in [2.45, 2.75) is 31.7 Å². The van der Waals surface area contributed by atoms with E-state index in [2.05, 4.69) is 10.3 Å². The molecule has 1 heterocycles. The molecule has 0 bridgehead atoms. The van der Waals surface area contributed by atoms with Crippen molar-refractivity contribution in [3.05, 3.63) is 130 Å². The van der Waals surface area contributed by atoms with Crippen LogP contribution in [0.4, 0.5) is 18.9 Å². The lowest BCUT2D eigenvalue weighted by molar-refractivity contribution is 0.0173. The van der Waals surface area contributed by atoms with Crippen LogP contribution in [0.5, 0.6) is 0 Å². The molecule has 1 N–H and O–H groups in total. The second-order valence-corrected chi connectivity index (χ2v) is 8.91. The second kappa shape index (κ2) is 9.51. The molecule has 1 aromatic heterocycles. The van der Waals surface area contributed by atoms with Gasteiger partial charge in [-0.15, -0.1) is 0 Å². The molecule has 0 aliphatic rings. The highest BCUT2D eigenvalue weighted by Gasteiger charge is 2.39. The Labute approximate surface area is 202 Å². The van der Waals surface area contributed by atoms with Crippen molar-refractivity contribution in [3.8, 4) is 0 Å². The Balaban J connectivity index is 2.02. The van der Waals surface area contributed by atoms with Crippen LogP contribution < -0.4 is 5.32 Å². The summed E-state index contributed by atoms with van der Waals surface area (Å²) in [4.78, 5) is 4.67. The molecule has 0 aliphatic heterocycles. The van der Waals surface area contributed by atoms with Crippen LogP contribution in [-0.4, -0.2) is 4.98 Å². The van der Waals surface area contributed by atoms with E-state index in [1.807, 2.05) is 49.4 Å². The Morgan fingerprint density at radius 2 is 1.68 bits per heavy atom. The summed E-state index contributed by atoms with van der Waals surface area (Å²) in [6, 6.07) is 23.6. The van der Waals surface area contributed by atoms with E-state index in [0.717, 1.165) is 18.1 Å². The number of aromatic nitrogens is 1. The van der Waals surface area contributed by atoms with Gasteiger partial charge in [0.25, 0.3) is 5.92 Å². The first-order valence-electron chi connectivity index (χ1n) is 10.9. The molecule has 2 nitrogen and oxygen atoms in total. The van der Waals surface area contributed by atoms with Gasteiger partial charge in [-0.3, -0.25) is 4.98 Å². The number of benzene rings is 3. The van der Waals surface area contributed by atoms with Gasteiger partial charge in [-0.25, -0.2) is 13.2 Å². The number of nitrogens with zero attached hydrogens (tertiary/aromatic N) is 1. The first-order valence-corrected chi connectivity index (χ1v) is 11.2. The molecular weight excluding hydrogens is 457 g/mol. The quantitative estimate of drug-likeness (QED) is 0.291. The van der Waals surface area contributed by atoms with Gasteiger partial charge in [-0.2, -0.15) is 0 Å². The maximum atomic E-state index is 14.4. The normalized spacial score (nSPS) is 13.4. The van der Waals surface area contributed by atoms with Crippen LogP contribution in [0.3, 0.4) is 0 Å². The summed E-state index contributed by atoms with van der Waals surface area (Å²) in [6.07, 6.45) is 2.05. The summed E-state index contributed by atoms with van der Waals surface area (Å²) in [6.45, 7) is 2.77. The Hall–Kier alpha value is -3.31. The minimum absolute atomic E-state index is 0.169. The molecule has 4 aromatic rings. The van der Waals surface area contributed by atoms with Gasteiger partial charge in [0, 0.05) is 41.4 Å². The molecule has 0 aliphatic carbocycles. The predicted octanol–water partition coefficient (Wildman–Crippen LogP) is 7.89. The van der Waals surface area contributed by atoms with Gasteiger partial charge in [0.2, 0.25) is 0 Å². The first-order chi connectivity index (χ1) is 16.2. The highest BCUT2D eigenvalue weighted by molar-refractivity contribution is 6.31. The van der Waals surface area contributed by atoms with Crippen molar-refractivity contribution in [1.29, 1.82) is 0 Å². The summed E-state index contributed by atoms with van der Waals surface area (Å²) in [5.74, 6) is -3.49. The standard InChI is InChI=1S/C28H24ClF3N2/c1-19-11-14-26(33-18-19)28(17-20-7-4-3-5-8-20,34-23-10-6-9-22(30)16-23)24-15-21(27(2,31)32)12-13-25(24)29/h3-16,18,34H,17H2,1-2H3. The molecule has 4 rings (SSSR count). The molecule has 0 fully saturated rings. The molecular formula is C28H24ClF3N2. The van der Waals surface area contributed by atoms with Crippen molar-refractivity contribution in [3.63, 3.8) is 0 Å². The van der Waals surface area contributed by atoms with Crippen LogP contribution in [0.1, 0.15) is 34.9 Å². The number of hydrogen-bond donors (Lipinski definition) is 1. The van der Waals surface area contributed by atoms with Crippen LogP contribution in [0.15, 0.2) is 91.1 Å². The number of rotatable bonds is 7. The largest absolute Gasteiger partial charge is 0.370 e. The smallest absolute Gasteiger partial charge is 0.270 e. The molecule has 0 radical (unpaired) electrons. The first kappa shape index (κ1) is 23.8.